The highest BCUT2D eigenvalue weighted by Crippen LogP contribution is 2.19. The van der Waals surface area contributed by atoms with Crippen molar-refractivity contribution in [2.75, 3.05) is 6.54 Å². The predicted octanol–water partition coefficient (Wildman–Crippen LogP) is -1.04. The van der Waals surface area contributed by atoms with Gasteiger partial charge in [-0.3, -0.25) is 4.79 Å². The van der Waals surface area contributed by atoms with Crippen molar-refractivity contribution in [2.24, 2.45) is 11.5 Å². The Bertz CT molecular complexity index is 468. The second-order valence-electron chi connectivity index (χ2n) is 4.74. The van der Waals surface area contributed by atoms with Crippen LogP contribution in [0.1, 0.15) is 19.3 Å². The van der Waals surface area contributed by atoms with Crippen LogP contribution in [-0.2, 0) is 14.4 Å². The zero-order chi connectivity index (χ0) is 16.0. The van der Waals surface area contributed by atoms with E-state index in [2.05, 4.69) is 5.32 Å². The lowest BCUT2D eigenvalue weighted by atomic mass is 9.95. The summed E-state index contributed by atoms with van der Waals surface area (Å²) in [6.07, 6.45) is 3.42. The van der Waals surface area contributed by atoms with Crippen LogP contribution in [0.5, 0.6) is 0 Å². The monoisotopic (exact) mass is 297 g/mol. The smallest absolute Gasteiger partial charge is 0.331 e. The molecule has 0 bridgehead atoms. The van der Waals surface area contributed by atoms with E-state index in [-0.39, 0.29) is 17.6 Å². The Morgan fingerprint density at radius 1 is 1.24 bits per heavy atom. The van der Waals surface area contributed by atoms with Gasteiger partial charge in [-0.05, 0) is 31.5 Å². The Hall–Kier alpha value is -2.19. The third-order valence-corrected chi connectivity index (χ3v) is 3.06. The lowest BCUT2D eigenvalue weighted by molar-refractivity contribution is -0.133. The minimum atomic E-state index is -1.21. The molecule has 0 fully saturated rings. The Kier molecular flexibility index (Phi) is 6.07. The fraction of sp³-hybridized carbons (Fsp3) is 0.462. The summed E-state index contributed by atoms with van der Waals surface area (Å²) in [7, 11) is 0. The van der Waals surface area contributed by atoms with E-state index in [1.165, 1.54) is 12.2 Å². The van der Waals surface area contributed by atoms with Crippen LogP contribution in [0.2, 0.25) is 0 Å². The van der Waals surface area contributed by atoms with Crippen LogP contribution in [-0.4, -0.2) is 46.7 Å². The average molecular weight is 297 g/mol. The van der Waals surface area contributed by atoms with Crippen LogP contribution in [0.4, 0.5) is 0 Å². The molecule has 0 aromatic carbocycles. The van der Waals surface area contributed by atoms with Gasteiger partial charge in [-0.25, -0.2) is 9.59 Å². The van der Waals surface area contributed by atoms with Gasteiger partial charge in [0.25, 0.3) is 0 Å². The van der Waals surface area contributed by atoms with E-state index in [4.69, 9.17) is 21.7 Å². The summed E-state index contributed by atoms with van der Waals surface area (Å²) < 4.78 is 0. The molecule has 0 radical (unpaired) electrons. The molecule has 0 heterocycles. The summed E-state index contributed by atoms with van der Waals surface area (Å²) in [4.78, 5) is 33.8. The predicted molar refractivity (Wildman–Crippen MR) is 74.2 cm³/mol. The van der Waals surface area contributed by atoms with Crippen molar-refractivity contribution in [2.45, 2.75) is 31.3 Å². The number of rotatable bonds is 7. The van der Waals surface area contributed by atoms with E-state index in [1.807, 2.05) is 0 Å². The van der Waals surface area contributed by atoms with Gasteiger partial charge in [-0.15, -0.1) is 0 Å². The molecular formula is C13H19N3O5. The normalized spacial score (nSPS) is 16.7. The molecule has 1 atom stereocenters. The van der Waals surface area contributed by atoms with Gasteiger partial charge >= 0.3 is 11.9 Å². The second-order valence-corrected chi connectivity index (χ2v) is 4.74. The van der Waals surface area contributed by atoms with Crippen molar-refractivity contribution >= 4 is 17.8 Å². The van der Waals surface area contributed by atoms with Gasteiger partial charge in [0.05, 0.1) is 12.1 Å². The first-order valence-electron chi connectivity index (χ1n) is 6.49. The highest BCUT2D eigenvalue weighted by molar-refractivity contribution is 5.94. The van der Waals surface area contributed by atoms with Crippen molar-refractivity contribution in [3.05, 3.63) is 23.3 Å². The molecule has 7 N–H and O–H groups in total. The Morgan fingerprint density at radius 2 is 1.76 bits per heavy atom. The quantitative estimate of drug-likeness (QED) is 0.402. The lowest BCUT2D eigenvalue weighted by Gasteiger charge is -2.20. The van der Waals surface area contributed by atoms with E-state index < -0.39 is 29.9 Å². The van der Waals surface area contributed by atoms with E-state index in [0.717, 1.165) is 0 Å². The topological polar surface area (TPSA) is 156 Å². The van der Waals surface area contributed by atoms with Crippen LogP contribution < -0.4 is 16.8 Å². The fourth-order valence-electron chi connectivity index (χ4n) is 1.92. The Labute approximate surface area is 121 Å². The molecule has 8 heteroatoms. The van der Waals surface area contributed by atoms with Crippen molar-refractivity contribution < 1.29 is 24.6 Å². The summed E-state index contributed by atoms with van der Waals surface area (Å²) in [5, 5.41) is 20.5. The van der Waals surface area contributed by atoms with Crippen LogP contribution in [0.15, 0.2) is 23.3 Å². The van der Waals surface area contributed by atoms with Gasteiger partial charge in [0, 0.05) is 17.6 Å². The number of carbonyl (C=O) groups is 3. The summed E-state index contributed by atoms with van der Waals surface area (Å²) in [6.45, 7) is 0.413. The second kappa shape index (κ2) is 7.55. The molecule has 0 aromatic heterocycles. The van der Waals surface area contributed by atoms with Gasteiger partial charge in [0.1, 0.15) is 0 Å². The van der Waals surface area contributed by atoms with Gasteiger partial charge in [-0.1, -0.05) is 0 Å². The molecule has 0 spiro atoms. The van der Waals surface area contributed by atoms with Gasteiger partial charge in [-0.2, -0.15) is 0 Å². The SMILES string of the molecule is NCCCC(N)C(=O)NC1C=C(C(=O)O)CC(C(=O)O)=C1. The molecule has 1 aliphatic rings. The van der Waals surface area contributed by atoms with Gasteiger partial charge in [0.15, 0.2) is 0 Å². The first-order valence-corrected chi connectivity index (χ1v) is 6.49. The molecule has 0 aromatic rings. The highest BCUT2D eigenvalue weighted by atomic mass is 16.4. The number of nitrogens with one attached hydrogen (secondary N) is 1. The van der Waals surface area contributed by atoms with Gasteiger partial charge < -0.3 is 27.0 Å². The molecule has 116 valence electrons. The Morgan fingerprint density at radius 3 is 2.19 bits per heavy atom. The molecule has 8 nitrogen and oxygen atoms in total. The average Bonchev–Trinajstić information content (AvgIpc) is 2.44. The molecular weight excluding hydrogens is 278 g/mol. The summed E-state index contributed by atoms with van der Waals surface area (Å²) >= 11 is 0. The molecule has 21 heavy (non-hydrogen) atoms. The number of aliphatic carboxylic acids is 2. The third kappa shape index (κ3) is 5.01. The molecule has 1 aliphatic carbocycles. The molecule has 0 saturated carbocycles. The number of hydrogen-bond donors (Lipinski definition) is 5. The number of hydrogen-bond acceptors (Lipinski definition) is 5. The molecule has 1 unspecified atom stereocenters. The van der Waals surface area contributed by atoms with Crippen molar-refractivity contribution in [3.8, 4) is 0 Å². The number of carboxylic acids is 2. The maximum absolute atomic E-state index is 11.8. The summed E-state index contributed by atoms with van der Waals surface area (Å²) in [6, 6.07) is -1.56. The number of carboxylic acid groups (broad SMARTS) is 2. The van der Waals surface area contributed by atoms with Crippen LogP contribution in [0.3, 0.4) is 0 Å². The molecule has 0 aliphatic heterocycles. The largest absolute Gasteiger partial charge is 0.478 e. The number of carbonyl (C=O) groups excluding carboxylic acids is 1. The minimum absolute atomic E-state index is 0.0734. The fourth-order valence-corrected chi connectivity index (χ4v) is 1.92. The highest BCUT2D eigenvalue weighted by Gasteiger charge is 2.24. The molecule has 0 saturated heterocycles. The standard InChI is InChI=1S/C13H19N3O5/c14-3-1-2-10(15)11(17)16-9-5-7(12(18)19)4-8(6-9)13(20)21/h5-6,9-10H,1-4,14-15H2,(H,16,17)(H,18,19)(H,20,21). The minimum Gasteiger partial charge on any atom is -0.478 e. The summed E-state index contributed by atoms with van der Waals surface area (Å²) in [5.41, 5.74) is 10.8. The Balaban J connectivity index is 2.78. The van der Waals surface area contributed by atoms with Crippen molar-refractivity contribution in [3.63, 3.8) is 0 Å². The zero-order valence-corrected chi connectivity index (χ0v) is 11.4. The summed E-state index contributed by atoms with van der Waals surface area (Å²) in [5.74, 6) is -2.90. The van der Waals surface area contributed by atoms with E-state index >= 15 is 0 Å². The van der Waals surface area contributed by atoms with Crippen LogP contribution in [0, 0.1) is 0 Å². The first kappa shape index (κ1) is 16.9. The molecule has 1 rings (SSSR count). The molecule has 1 amide bonds. The zero-order valence-electron chi connectivity index (χ0n) is 11.4. The first-order chi connectivity index (χ1) is 9.85. The maximum atomic E-state index is 11.8. The number of nitrogens with two attached hydrogens (primary N) is 2. The number of amides is 1. The maximum Gasteiger partial charge on any atom is 0.331 e. The lowest BCUT2D eigenvalue weighted by Crippen LogP contribution is -2.45. The van der Waals surface area contributed by atoms with Crippen molar-refractivity contribution in [1.82, 2.24) is 5.32 Å². The van der Waals surface area contributed by atoms with Crippen molar-refractivity contribution in [1.29, 1.82) is 0 Å². The van der Waals surface area contributed by atoms with Gasteiger partial charge in [0.2, 0.25) is 5.91 Å². The van der Waals surface area contributed by atoms with Crippen LogP contribution in [0.25, 0.3) is 0 Å². The van der Waals surface area contributed by atoms with E-state index in [0.29, 0.717) is 19.4 Å². The van der Waals surface area contributed by atoms with E-state index in [1.54, 1.807) is 0 Å². The van der Waals surface area contributed by atoms with Crippen LogP contribution >= 0.6 is 0 Å². The van der Waals surface area contributed by atoms with E-state index in [9.17, 15) is 14.4 Å². The third-order valence-electron chi connectivity index (χ3n) is 3.06.